The van der Waals surface area contributed by atoms with Crippen LogP contribution in [-0.4, -0.2) is 33.2 Å². The van der Waals surface area contributed by atoms with E-state index < -0.39 is 0 Å². The summed E-state index contributed by atoms with van der Waals surface area (Å²) in [5.74, 6) is 1.95. The number of amides is 1. The molecule has 1 unspecified atom stereocenters. The first-order valence-electron chi connectivity index (χ1n) is 11.4. The third-order valence-electron chi connectivity index (χ3n) is 6.60. The summed E-state index contributed by atoms with van der Waals surface area (Å²) >= 11 is 0. The lowest BCUT2D eigenvalue weighted by Crippen LogP contribution is -2.41. The van der Waals surface area contributed by atoms with E-state index in [0.29, 0.717) is 11.6 Å². The van der Waals surface area contributed by atoms with Crippen molar-refractivity contribution in [1.29, 1.82) is 0 Å². The number of aliphatic hydroxyl groups is 1. The van der Waals surface area contributed by atoms with Crippen LogP contribution in [0.4, 0.5) is 0 Å². The lowest BCUT2D eigenvalue weighted by Gasteiger charge is -2.21. The van der Waals surface area contributed by atoms with Gasteiger partial charge in [-0.05, 0) is 42.9 Å². The van der Waals surface area contributed by atoms with Crippen molar-refractivity contribution in [3.05, 3.63) is 29.6 Å². The van der Waals surface area contributed by atoms with E-state index in [1.807, 2.05) is 26.0 Å². The van der Waals surface area contributed by atoms with Crippen LogP contribution < -0.4 is 5.32 Å². The van der Waals surface area contributed by atoms with Gasteiger partial charge in [0, 0.05) is 18.0 Å². The van der Waals surface area contributed by atoms with E-state index in [9.17, 15) is 9.90 Å². The van der Waals surface area contributed by atoms with Crippen LogP contribution in [-0.2, 0) is 6.42 Å². The SMILES string of the molecule is CCC(CC)n1c(CC2CCCC2)nc2cc(C(=O)NC(CO)C(C)C)ccc21. The molecule has 5 heteroatoms. The van der Waals surface area contributed by atoms with Crippen molar-refractivity contribution in [2.75, 3.05) is 6.61 Å². The zero-order valence-corrected chi connectivity index (χ0v) is 18.4. The number of fused-ring (bicyclic) bond motifs is 1. The van der Waals surface area contributed by atoms with Gasteiger partial charge in [0.1, 0.15) is 5.82 Å². The molecule has 1 amide bonds. The van der Waals surface area contributed by atoms with Gasteiger partial charge >= 0.3 is 0 Å². The molecule has 1 saturated carbocycles. The van der Waals surface area contributed by atoms with Crippen molar-refractivity contribution < 1.29 is 9.90 Å². The van der Waals surface area contributed by atoms with Gasteiger partial charge < -0.3 is 15.0 Å². The van der Waals surface area contributed by atoms with Crippen LogP contribution in [0.25, 0.3) is 11.0 Å². The molecule has 1 atom stereocenters. The van der Waals surface area contributed by atoms with Crippen LogP contribution in [0.2, 0.25) is 0 Å². The standard InChI is InChI=1S/C24H37N3O2/c1-5-19(6-2)27-22-12-11-18(24(29)26-21(15-28)16(3)4)14-20(22)25-23(27)13-17-9-7-8-10-17/h11-12,14,16-17,19,21,28H,5-10,13,15H2,1-4H3,(H,26,29). The van der Waals surface area contributed by atoms with Gasteiger partial charge in [0.15, 0.2) is 0 Å². The van der Waals surface area contributed by atoms with Gasteiger partial charge in [-0.3, -0.25) is 4.79 Å². The molecule has 2 N–H and O–H groups in total. The summed E-state index contributed by atoms with van der Waals surface area (Å²) in [6.45, 7) is 8.42. The number of rotatable bonds is 9. The molecule has 1 fully saturated rings. The monoisotopic (exact) mass is 399 g/mol. The van der Waals surface area contributed by atoms with E-state index in [2.05, 4.69) is 29.8 Å². The molecule has 1 aliphatic carbocycles. The number of nitrogens with zero attached hydrogens (tertiary/aromatic N) is 2. The number of hydrogen-bond donors (Lipinski definition) is 2. The largest absolute Gasteiger partial charge is 0.394 e. The molecule has 0 bridgehead atoms. The number of carbonyl (C=O) groups excluding carboxylic acids is 1. The molecule has 3 rings (SSSR count). The summed E-state index contributed by atoms with van der Waals surface area (Å²) in [5, 5.41) is 12.5. The van der Waals surface area contributed by atoms with E-state index in [0.717, 1.165) is 36.2 Å². The van der Waals surface area contributed by atoms with E-state index in [1.54, 1.807) is 0 Å². The van der Waals surface area contributed by atoms with Crippen molar-refractivity contribution in [2.24, 2.45) is 11.8 Å². The summed E-state index contributed by atoms with van der Waals surface area (Å²) in [7, 11) is 0. The minimum atomic E-state index is -0.238. The summed E-state index contributed by atoms with van der Waals surface area (Å²) < 4.78 is 2.43. The molecule has 1 aromatic carbocycles. The number of nitrogens with one attached hydrogen (secondary N) is 1. The van der Waals surface area contributed by atoms with Gasteiger partial charge in [0.05, 0.1) is 23.7 Å². The summed E-state index contributed by atoms with van der Waals surface area (Å²) in [6.07, 6.45) is 8.47. The molecule has 0 saturated heterocycles. The zero-order chi connectivity index (χ0) is 21.0. The van der Waals surface area contributed by atoms with Crippen LogP contribution in [0.3, 0.4) is 0 Å². The Kier molecular flexibility index (Phi) is 7.33. The molecule has 160 valence electrons. The Morgan fingerprint density at radius 2 is 1.93 bits per heavy atom. The highest BCUT2D eigenvalue weighted by atomic mass is 16.3. The maximum atomic E-state index is 12.7. The number of aromatic nitrogens is 2. The average Bonchev–Trinajstić information content (AvgIpc) is 3.34. The Bertz CT molecular complexity index is 817. The van der Waals surface area contributed by atoms with Crippen molar-refractivity contribution in [2.45, 2.75) is 84.7 Å². The van der Waals surface area contributed by atoms with E-state index in [-0.39, 0.29) is 24.5 Å². The van der Waals surface area contributed by atoms with Gasteiger partial charge in [-0.25, -0.2) is 4.98 Å². The third-order valence-corrected chi connectivity index (χ3v) is 6.60. The molecule has 0 aliphatic heterocycles. The van der Waals surface area contributed by atoms with Gasteiger partial charge in [0.2, 0.25) is 0 Å². The Hall–Kier alpha value is -1.88. The quantitative estimate of drug-likeness (QED) is 0.632. The maximum absolute atomic E-state index is 12.7. The molecule has 0 radical (unpaired) electrons. The molecule has 5 nitrogen and oxygen atoms in total. The highest BCUT2D eigenvalue weighted by Crippen LogP contribution is 2.32. The fraction of sp³-hybridized carbons (Fsp3) is 0.667. The molecule has 29 heavy (non-hydrogen) atoms. The van der Waals surface area contributed by atoms with Gasteiger partial charge in [0.25, 0.3) is 5.91 Å². The Morgan fingerprint density at radius 1 is 1.24 bits per heavy atom. The Morgan fingerprint density at radius 3 is 2.52 bits per heavy atom. The summed E-state index contributed by atoms with van der Waals surface area (Å²) in [6, 6.07) is 6.06. The molecular weight excluding hydrogens is 362 g/mol. The van der Waals surface area contributed by atoms with Crippen molar-refractivity contribution in [3.8, 4) is 0 Å². The van der Waals surface area contributed by atoms with E-state index >= 15 is 0 Å². The molecule has 2 aromatic rings. The average molecular weight is 400 g/mol. The van der Waals surface area contributed by atoms with E-state index in [1.165, 1.54) is 31.5 Å². The molecule has 1 aromatic heterocycles. The fourth-order valence-electron chi connectivity index (χ4n) is 4.64. The van der Waals surface area contributed by atoms with Gasteiger partial charge in [-0.2, -0.15) is 0 Å². The predicted octanol–water partition coefficient (Wildman–Crippen LogP) is 4.88. The van der Waals surface area contributed by atoms with Crippen LogP contribution in [0.15, 0.2) is 18.2 Å². The van der Waals surface area contributed by atoms with Crippen molar-refractivity contribution >= 4 is 16.9 Å². The van der Waals surface area contributed by atoms with Crippen LogP contribution >= 0.6 is 0 Å². The normalized spacial score (nSPS) is 16.2. The van der Waals surface area contributed by atoms with Crippen LogP contribution in [0.1, 0.15) is 88.4 Å². The number of benzene rings is 1. The zero-order valence-electron chi connectivity index (χ0n) is 18.4. The maximum Gasteiger partial charge on any atom is 0.251 e. The van der Waals surface area contributed by atoms with Crippen LogP contribution in [0, 0.1) is 11.8 Å². The van der Waals surface area contributed by atoms with Crippen molar-refractivity contribution in [1.82, 2.24) is 14.9 Å². The molecule has 1 aliphatic rings. The molecule has 1 heterocycles. The Balaban J connectivity index is 1.94. The number of aliphatic hydroxyl groups excluding tert-OH is 1. The van der Waals surface area contributed by atoms with Gasteiger partial charge in [-0.1, -0.05) is 53.4 Å². The number of carbonyl (C=O) groups is 1. The minimum absolute atomic E-state index is 0.0551. The summed E-state index contributed by atoms with van der Waals surface area (Å²) in [4.78, 5) is 17.7. The second kappa shape index (κ2) is 9.75. The second-order valence-corrected chi connectivity index (χ2v) is 8.93. The first kappa shape index (κ1) is 21.8. The first-order chi connectivity index (χ1) is 14.0. The number of imidazole rings is 1. The first-order valence-corrected chi connectivity index (χ1v) is 11.4. The molecular formula is C24H37N3O2. The van der Waals surface area contributed by atoms with Gasteiger partial charge in [-0.15, -0.1) is 0 Å². The summed E-state index contributed by atoms with van der Waals surface area (Å²) in [5.41, 5.74) is 2.65. The van der Waals surface area contributed by atoms with Crippen LogP contribution in [0.5, 0.6) is 0 Å². The smallest absolute Gasteiger partial charge is 0.251 e. The second-order valence-electron chi connectivity index (χ2n) is 8.93. The van der Waals surface area contributed by atoms with E-state index in [4.69, 9.17) is 4.98 Å². The topological polar surface area (TPSA) is 67.2 Å². The predicted molar refractivity (Wildman–Crippen MR) is 118 cm³/mol. The minimum Gasteiger partial charge on any atom is -0.394 e. The lowest BCUT2D eigenvalue weighted by atomic mass is 10.0. The fourth-order valence-corrected chi connectivity index (χ4v) is 4.64. The third kappa shape index (κ3) is 4.82. The lowest BCUT2D eigenvalue weighted by molar-refractivity contribution is 0.0897. The highest BCUT2D eigenvalue weighted by molar-refractivity contribution is 5.97. The van der Waals surface area contributed by atoms with Crippen molar-refractivity contribution in [3.63, 3.8) is 0 Å². The highest BCUT2D eigenvalue weighted by Gasteiger charge is 2.23. The molecule has 0 spiro atoms. The Labute approximate surface area is 174 Å². The number of hydrogen-bond acceptors (Lipinski definition) is 3.